The number of benzene rings is 1. The molecule has 0 aromatic heterocycles. The molecule has 150 valence electrons. The van der Waals surface area contributed by atoms with Crippen molar-refractivity contribution in [3.05, 3.63) is 34.9 Å². The molecule has 28 heavy (non-hydrogen) atoms. The largest absolute Gasteiger partial charge is 0.452 e. The van der Waals surface area contributed by atoms with E-state index in [1.807, 2.05) is 13.8 Å². The molecule has 3 rings (SSSR count). The highest BCUT2D eigenvalue weighted by Gasteiger charge is 2.35. The summed E-state index contributed by atoms with van der Waals surface area (Å²) < 4.78 is 5.17. The predicted molar refractivity (Wildman–Crippen MR) is 102 cm³/mol. The van der Waals surface area contributed by atoms with Gasteiger partial charge in [-0.3, -0.25) is 19.3 Å². The van der Waals surface area contributed by atoms with Gasteiger partial charge in [-0.25, -0.2) is 4.79 Å². The number of amides is 3. The quantitative estimate of drug-likeness (QED) is 0.554. The van der Waals surface area contributed by atoms with E-state index in [0.29, 0.717) is 18.7 Å². The van der Waals surface area contributed by atoms with Crippen LogP contribution in [0.5, 0.6) is 0 Å². The van der Waals surface area contributed by atoms with Crippen LogP contribution >= 0.6 is 0 Å². The molecule has 2 aliphatic heterocycles. The average Bonchev–Trinajstić information content (AvgIpc) is 2.94. The van der Waals surface area contributed by atoms with E-state index in [0.717, 1.165) is 32.1 Å². The Morgan fingerprint density at radius 3 is 2.61 bits per heavy atom. The van der Waals surface area contributed by atoms with Crippen LogP contribution in [0.3, 0.4) is 0 Å². The van der Waals surface area contributed by atoms with Gasteiger partial charge in [0.1, 0.15) is 0 Å². The zero-order chi connectivity index (χ0) is 20.3. The summed E-state index contributed by atoms with van der Waals surface area (Å²) in [6.07, 6.45) is 4.61. The molecule has 0 aliphatic carbocycles. The molecule has 0 saturated carbocycles. The second-order valence-electron chi connectivity index (χ2n) is 7.38. The first-order valence-corrected chi connectivity index (χ1v) is 9.91. The summed E-state index contributed by atoms with van der Waals surface area (Å²) in [5.41, 5.74) is 0.680. The number of unbranched alkanes of at least 4 members (excludes halogenated alkanes) is 1. The van der Waals surface area contributed by atoms with E-state index >= 15 is 0 Å². The number of carbonyl (C=O) groups excluding carboxylic acids is 4. The van der Waals surface area contributed by atoms with Crippen LogP contribution in [-0.4, -0.2) is 59.2 Å². The van der Waals surface area contributed by atoms with E-state index in [1.165, 1.54) is 23.1 Å². The summed E-state index contributed by atoms with van der Waals surface area (Å²) in [4.78, 5) is 52.5. The molecular weight excluding hydrogens is 360 g/mol. The number of hydrogen-bond acceptors (Lipinski definition) is 5. The number of likely N-dealkylation sites (tertiary alicyclic amines) is 1. The maximum Gasteiger partial charge on any atom is 0.338 e. The summed E-state index contributed by atoms with van der Waals surface area (Å²) in [7, 11) is 0. The first-order valence-electron chi connectivity index (χ1n) is 9.91. The molecule has 0 N–H and O–H groups in total. The van der Waals surface area contributed by atoms with Crippen molar-refractivity contribution < 1.29 is 23.9 Å². The number of hydrogen-bond donors (Lipinski definition) is 0. The first kappa shape index (κ1) is 20.0. The molecule has 1 atom stereocenters. The van der Waals surface area contributed by atoms with Gasteiger partial charge in [-0.15, -0.1) is 0 Å². The minimum absolute atomic E-state index is 0.151. The zero-order valence-electron chi connectivity index (χ0n) is 16.4. The lowest BCUT2D eigenvalue weighted by Gasteiger charge is -2.33. The average molecular weight is 386 g/mol. The fraction of sp³-hybridized carbons (Fsp3) is 0.524. The van der Waals surface area contributed by atoms with Crippen LogP contribution < -0.4 is 0 Å². The van der Waals surface area contributed by atoms with Crippen molar-refractivity contribution in [3.63, 3.8) is 0 Å². The fourth-order valence-electron chi connectivity index (χ4n) is 3.70. The van der Waals surface area contributed by atoms with Gasteiger partial charge in [0.25, 0.3) is 17.7 Å². The monoisotopic (exact) mass is 386 g/mol. The van der Waals surface area contributed by atoms with Crippen molar-refractivity contribution in [3.8, 4) is 0 Å². The Labute approximate surface area is 164 Å². The maximum atomic E-state index is 12.5. The van der Waals surface area contributed by atoms with Crippen molar-refractivity contribution in [2.45, 2.75) is 52.0 Å². The Bertz CT molecular complexity index is 804. The van der Waals surface area contributed by atoms with Crippen LogP contribution in [0.1, 0.15) is 77.0 Å². The zero-order valence-corrected chi connectivity index (χ0v) is 16.4. The van der Waals surface area contributed by atoms with Crippen molar-refractivity contribution in [1.82, 2.24) is 9.80 Å². The third-order valence-electron chi connectivity index (χ3n) is 5.39. The van der Waals surface area contributed by atoms with Crippen LogP contribution in [0.15, 0.2) is 18.2 Å². The Kier molecular flexibility index (Phi) is 6.11. The van der Waals surface area contributed by atoms with E-state index in [4.69, 9.17) is 4.74 Å². The third kappa shape index (κ3) is 3.93. The van der Waals surface area contributed by atoms with Crippen molar-refractivity contribution >= 4 is 23.7 Å². The number of rotatable bonds is 6. The second kappa shape index (κ2) is 8.54. The number of ether oxygens (including phenoxy) is 1. The van der Waals surface area contributed by atoms with Crippen LogP contribution in [0, 0.1) is 0 Å². The van der Waals surface area contributed by atoms with Crippen molar-refractivity contribution in [1.29, 1.82) is 0 Å². The molecule has 0 radical (unpaired) electrons. The van der Waals surface area contributed by atoms with Crippen molar-refractivity contribution in [2.24, 2.45) is 0 Å². The molecule has 7 nitrogen and oxygen atoms in total. The van der Waals surface area contributed by atoms with Crippen LogP contribution in [0.2, 0.25) is 0 Å². The highest BCUT2D eigenvalue weighted by Crippen LogP contribution is 2.25. The number of esters is 1. The van der Waals surface area contributed by atoms with Gasteiger partial charge in [0.15, 0.2) is 6.61 Å². The standard InChI is InChI=1S/C21H26N2O5/c1-3-4-10-23-19(25)16-9-8-15(12-17(16)20(23)26)21(27)28-13-18(24)22-11-6-5-7-14(22)2/h8-9,12,14H,3-7,10-11,13H2,1-2H3/t14-/m1/s1. The molecule has 3 amide bonds. The number of imide groups is 1. The first-order chi connectivity index (χ1) is 13.4. The molecule has 2 heterocycles. The highest BCUT2D eigenvalue weighted by molar-refractivity contribution is 6.21. The van der Waals surface area contributed by atoms with Gasteiger partial charge < -0.3 is 9.64 Å². The summed E-state index contributed by atoms with van der Waals surface area (Å²) >= 11 is 0. The van der Waals surface area contributed by atoms with Gasteiger partial charge >= 0.3 is 5.97 Å². The molecule has 0 spiro atoms. The lowest BCUT2D eigenvalue weighted by molar-refractivity contribution is -0.137. The van der Waals surface area contributed by atoms with E-state index < -0.39 is 5.97 Å². The lowest BCUT2D eigenvalue weighted by Crippen LogP contribution is -2.44. The predicted octanol–water partition coefficient (Wildman–Crippen LogP) is 2.64. The summed E-state index contributed by atoms with van der Waals surface area (Å²) in [6, 6.07) is 4.48. The summed E-state index contributed by atoms with van der Waals surface area (Å²) in [5, 5.41) is 0. The summed E-state index contributed by atoms with van der Waals surface area (Å²) in [6.45, 7) is 4.70. The molecule has 1 fully saturated rings. The van der Waals surface area contributed by atoms with Crippen LogP contribution in [-0.2, 0) is 9.53 Å². The van der Waals surface area contributed by atoms with Crippen LogP contribution in [0.4, 0.5) is 0 Å². The summed E-state index contributed by atoms with van der Waals surface area (Å²) in [5.74, 6) is -1.60. The second-order valence-corrected chi connectivity index (χ2v) is 7.38. The molecule has 0 bridgehead atoms. The Morgan fingerprint density at radius 2 is 1.89 bits per heavy atom. The molecule has 1 aromatic rings. The van der Waals surface area contributed by atoms with Gasteiger partial charge in [0.05, 0.1) is 16.7 Å². The smallest absolute Gasteiger partial charge is 0.338 e. The molecule has 2 aliphatic rings. The highest BCUT2D eigenvalue weighted by atomic mass is 16.5. The van der Waals surface area contributed by atoms with Gasteiger partial charge in [0, 0.05) is 19.1 Å². The number of carbonyl (C=O) groups is 4. The minimum atomic E-state index is -0.673. The van der Waals surface area contributed by atoms with Gasteiger partial charge in [0.2, 0.25) is 0 Å². The van der Waals surface area contributed by atoms with Gasteiger partial charge in [-0.2, -0.15) is 0 Å². The van der Waals surface area contributed by atoms with Gasteiger partial charge in [-0.1, -0.05) is 13.3 Å². The Morgan fingerprint density at radius 1 is 1.14 bits per heavy atom. The Balaban J connectivity index is 1.65. The molecule has 0 unspecified atom stereocenters. The molecule has 1 saturated heterocycles. The number of fused-ring (bicyclic) bond motifs is 1. The SMILES string of the molecule is CCCCN1C(=O)c2ccc(C(=O)OCC(=O)N3CCCC[C@H]3C)cc2C1=O. The lowest BCUT2D eigenvalue weighted by atomic mass is 10.0. The fourth-order valence-corrected chi connectivity index (χ4v) is 3.70. The Hall–Kier alpha value is -2.70. The van der Waals surface area contributed by atoms with Gasteiger partial charge in [-0.05, 0) is 50.8 Å². The number of piperidine rings is 1. The van der Waals surface area contributed by atoms with E-state index in [-0.39, 0.29) is 41.5 Å². The third-order valence-corrected chi connectivity index (χ3v) is 5.39. The minimum Gasteiger partial charge on any atom is -0.452 e. The molecule has 1 aromatic carbocycles. The topological polar surface area (TPSA) is 84.0 Å². The molecular formula is C21H26N2O5. The van der Waals surface area contributed by atoms with E-state index in [1.54, 1.807) is 4.90 Å². The van der Waals surface area contributed by atoms with E-state index in [9.17, 15) is 19.2 Å². The molecule has 7 heteroatoms. The normalized spacial score (nSPS) is 19.0. The van der Waals surface area contributed by atoms with Crippen LogP contribution in [0.25, 0.3) is 0 Å². The van der Waals surface area contributed by atoms with E-state index in [2.05, 4.69) is 0 Å². The maximum absolute atomic E-state index is 12.5. The van der Waals surface area contributed by atoms with Crippen molar-refractivity contribution in [2.75, 3.05) is 19.7 Å². The number of nitrogens with zero attached hydrogens (tertiary/aromatic N) is 2.